The fourth-order valence-corrected chi connectivity index (χ4v) is 2.47. The lowest BCUT2D eigenvalue weighted by molar-refractivity contribution is 0.374. The molecule has 0 bridgehead atoms. The summed E-state index contributed by atoms with van der Waals surface area (Å²) in [5.41, 5.74) is 0.997. The van der Waals surface area contributed by atoms with E-state index in [4.69, 9.17) is 4.52 Å². The van der Waals surface area contributed by atoms with E-state index in [2.05, 4.69) is 48.4 Å². The summed E-state index contributed by atoms with van der Waals surface area (Å²) in [5.74, 6) is 2.42. The molecule has 0 saturated heterocycles. The number of nitrogens with zero attached hydrogens (tertiary/aromatic N) is 2. The first kappa shape index (κ1) is 15.1. The van der Waals surface area contributed by atoms with Gasteiger partial charge in [-0.2, -0.15) is 4.98 Å². The standard InChI is InChI=1S/C15H21N3OS/c1-4-20-13-7-5-12(6-8-13)15-17-14(19-18-15)9-10-16-11(2)3/h5-8,11,16H,4,9-10H2,1-3H3. The van der Waals surface area contributed by atoms with Gasteiger partial charge >= 0.3 is 0 Å². The van der Waals surface area contributed by atoms with Crippen LogP contribution in [0.25, 0.3) is 11.4 Å². The van der Waals surface area contributed by atoms with Crippen LogP contribution in [0.3, 0.4) is 0 Å². The molecule has 0 aliphatic heterocycles. The highest BCUT2D eigenvalue weighted by molar-refractivity contribution is 7.99. The van der Waals surface area contributed by atoms with Crippen molar-refractivity contribution in [2.75, 3.05) is 12.3 Å². The molecule has 2 aromatic rings. The van der Waals surface area contributed by atoms with Crippen LogP contribution in [0, 0.1) is 0 Å². The van der Waals surface area contributed by atoms with E-state index < -0.39 is 0 Å². The Morgan fingerprint density at radius 2 is 2.00 bits per heavy atom. The van der Waals surface area contributed by atoms with Crippen LogP contribution in [0.15, 0.2) is 33.7 Å². The van der Waals surface area contributed by atoms with Crippen LogP contribution in [-0.2, 0) is 6.42 Å². The van der Waals surface area contributed by atoms with E-state index in [1.807, 2.05) is 23.9 Å². The maximum atomic E-state index is 5.27. The second kappa shape index (κ2) is 7.45. The van der Waals surface area contributed by atoms with E-state index in [9.17, 15) is 0 Å². The Kier molecular flexibility index (Phi) is 5.61. The molecule has 0 fully saturated rings. The maximum Gasteiger partial charge on any atom is 0.228 e. The van der Waals surface area contributed by atoms with Gasteiger partial charge in [-0.15, -0.1) is 11.8 Å². The van der Waals surface area contributed by atoms with Gasteiger partial charge in [0.15, 0.2) is 0 Å². The van der Waals surface area contributed by atoms with Crippen molar-refractivity contribution in [2.24, 2.45) is 0 Å². The summed E-state index contributed by atoms with van der Waals surface area (Å²) in [4.78, 5) is 5.69. The Labute approximate surface area is 124 Å². The number of thioether (sulfide) groups is 1. The summed E-state index contributed by atoms with van der Waals surface area (Å²) < 4.78 is 5.27. The summed E-state index contributed by atoms with van der Waals surface area (Å²) in [6.07, 6.45) is 0.759. The molecule has 0 amide bonds. The number of rotatable bonds is 7. The Bertz CT molecular complexity index is 522. The average molecular weight is 291 g/mol. The molecule has 20 heavy (non-hydrogen) atoms. The molecule has 1 heterocycles. The molecule has 1 N–H and O–H groups in total. The van der Waals surface area contributed by atoms with E-state index in [-0.39, 0.29) is 0 Å². The minimum absolute atomic E-state index is 0.473. The van der Waals surface area contributed by atoms with Crippen molar-refractivity contribution in [1.29, 1.82) is 0 Å². The van der Waals surface area contributed by atoms with Gasteiger partial charge in [-0.3, -0.25) is 0 Å². The molecule has 0 unspecified atom stereocenters. The van der Waals surface area contributed by atoms with Crippen molar-refractivity contribution in [2.45, 2.75) is 38.1 Å². The highest BCUT2D eigenvalue weighted by atomic mass is 32.2. The van der Waals surface area contributed by atoms with Crippen LogP contribution >= 0.6 is 11.8 Å². The molecule has 108 valence electrons. The number of hydrogen-bond acceptors (Lipinski definition) is 5. The molecule has 5 heteroatoms. The van der Waals surface area contributed by atoms with Gasteiger partial charge in [0.2, 0.25) is 11.7 Å². The number of benzene rings is 1. The summed E-state index contributed by atoms with van der Waals surface area (Å²) in [6, 6.07) is 8.75. The molecular weight excluding hydrogens is 270 g/mol. The van der Waals surface area contributed by atoms with E-state index in [0.717, 1.165) is 24.3 Å². The van der Waals surface area contributed by atoms with Crippen LogP contribution in [0.2, 0.25) is 0 Å². The molecule has 0 radical (unpaired) electrons. The molecule has 0 saturated carbocycles. The third-order valence-corrected chi connectivity index (χ3v) is 3.68. The van der Waals surface area contributed by atoms with E-state index in [1.54, 1.807) is 0 Å². The van der Waals surface area contributed by atoms with Crippen LogP contribution < -0.4 is 5.32 Å². The summed E-state index contributed by atoms with van der Waals surface area (Å²) in [6.45, 7) is 7.24. The molecule has 0 aliphatic carbocycles. The first-order valence-corrected chi connectivity index (χ1v) is 7.96. The van der Waals surface area contributed by atoms with Crippen molar-refractivity contribution >= 4 is 11.8 Å². The van der Waals surface area contributed by atoms with E-state index in [1.165, 1.54) is 4.90 Å². The SMILES string of the molecule is CCSc1ccc(-c2noc(CCNC(C)C)n2)cc1. The highest BCUT2D eigenvalue weighted by Gasteiger charge is 2.08. The Morgan fingerprint density at radius 1 is 1.25 bits per heavy atom. The molecule has 2 rings (SSSR count). The van der Waals surface area contributed by atoms with Gasteiger partial charge in [-0.1, -0.05) is 25.9 Å². The third kappa shape index (κ3) is 4.35. The zero-order chi connectivity index (χ0) is 14.4. The first-order chi connectivity index (χ1) is 9.69. The molecule has 0 spiro atoms. The minimum Gasteiger partial charge on any atom is -0.339 e. The number of aromatic nitrogens is 2. The second-order valence-corrected chi connectivity index (χ2v) is 6.17. The average Bonchev–Trinajstić information content (AvgIpc) is 2.88. The van der Waals surface area contributed by atoms with Crippen LogP contribution in [0.4, 0.5) is 0 Å². The van der Waals surface area contributed by atoms with Gasteiger partial charge in [0, 0.05) is 29.5 Å². The summed E-state index contributed by atoms with van der Waals surface area (Å²) in [5, 5.41) is 7.37. The molecule has 1 aromatic heterocycles. The Hall–Kier alpha value is -1.33. The molecule has 1 aromatic carbocycles. The number of hydrogen-bond donors (Lipinski definition) is 1. The van der Waals surface area contributed by atoms with Gasteiger partial charge in [0.25, 0.3) is 0 Å². The first-order valence-electron chi connectivity index (χ1n) is 6.98. The minimum atomic E-state index is 0.473. The molecular formula is C15H21N3OS. The zero-order valence-corrected chi connectivity index (χ0v) is 13.0. The van der Waals surface area contributed by atoms with Crippen molar-refractivity contribution in [3.8, 4) is 11.4 Å². The summed E-state index contributed by atoms with van der Waals surface area (Å²) in [7, 11) is 0. The Balaban J connectivity index is 1.97. The number of nitrogens with one attached hydrogen (secondary N) is 1. The van der Waals surface area contributed by atoms with Crippen molar-refractivity contribution < 1.29 is 4.52 Å². The van der Waals surface area contributed by atoms with Gasteiger partial charge in [0.1, 0.15) is 0 Å². The van der Waals surface area contributed by atoms with E-state index in [0.29, 0.717) is 17.8 Å². The van der Waals surface area contributed by atoms with Gasteiger partial charge in [-0.25, -0.2) is 0 Å². The second-order valence-electron chi connectivity index (χ2n) is 4.83. The predicted molar refractivity (Wildman–Crippen MR) is 83.0 cm³/mol. The monoisotopic (exact) mass is 291 g/mol. The fourth-order valence-electron chi connectivity index (χ4n) is 1.81. The summed E-state index contributed by atoms with van der Waals surface area (Å²) >= 11 is 1.83. The van der Waals surface area contributed by atoms with Crippen LogP contribution in [0.1, 0.15) is 26.7 Å². The zero-order valence-electron chi connectivity index (χ0n) is 12.2. The van der Waals surface area contributed by atoms with Crippen molar-refractivity contribution in [1.82, 2.24) is 15.5 Å². The van der Waals surface area contributed by atoms with Gasteiger partial charge < -0.3 is 9.84 Å². The smallest absolute Gasteiger partial charge is 0.228 e. The molecule has 0 aliphatic rings. The lowest BCUT2D eigenvalue weighted by atomic mass is 10.2. The topological polar surface area (TPSA) is 51.0 Å². The van der Waals surface area contributed by atoms with E-state index >= 15 is 0 Å². The van der Waals surface area contributed by atoms with Crippen molar-refractivity contribution in [3.63, 3.8) is 0 Å². The fraction of sp³-hybridized carbons (Fsp3) is 0.467. The van der Waals surface area contributed by atoms with Crippen LogP contribution in [0.5, 0.6) is 0 Å². The third-order valence-electron chi connectivity index (χ3n) is 2.78. The quantitative estimate of drug-likeness (QED) is 0.792. The highest BCUT2D eigenvalue weighted by Crippen LogP contribution is 2.22. The predicted octanol–water partition coefficient (Wildman–Crippen LogP) is 3.39. The molecule has 0 atom stereocenters. The molecule has 4 nitrogen and oxygen atoms in total. The largest absolute Gasteiger partial charge is 0.339 e. The van der Waals surface area contributed by atoms with Crippen LogP contribution in [-0.4, -0.2) is 28.5 Å². The lowest BCUT2D eigenvalue weighted by Gasteiger charge is -2.04. The van der Waals surface area contributed by atoms with Gasteiger partial charge in [0.05, 0.1) is 0 Å². The Morgan fingerprint density at radius 3 is 2.65 bits per heavy atom. The normalized spacial score (nSPS) is 11.2. The van der Waals surface area contributed by atoms with Gasteiger partial charge in [-0.05, 0) is 30.0 Å². The maximum absolute atomic E-state index is 5.27. The lowest BCUT2D eigenvalue weighted by Crippen LogP contribution is -2.25. The van der Waals surface area contributed by atoms with Crippen molar-refractivity contribution in [3.05, 3.63) is 30.2 Å².